The van der Waals surface area contributed by atoms with Gasteiger partial charge in [0.25, 0.3) is 28.8 Å². The molecule has 486 valence electrons. The number of carbonyl (C=O) groups excluding carboxylic acids is 4. The molecule has 3 aromatic heterocycles. The highest BCUT2D eigenvalue weighted by Crippen LogP contribution is 2.35. The third kappa shape index (κ3) is 15.3. The number of amides is 4. The molecule has 0 radical (unpaired) electrons. The maximum absolute atomic E-state index is 13.4. The third-order valence-electron chi connectivity index (χ3n) is 18.2. The Kier molecular flexibility index (Phi) is 19.8. The van der Waals surface area contributed by atoms with Gasteiger partial charge in [0, 0.05) is 127 Å². The highest BCUT2D eigenvalue weighted by atomic mass is 32.1. The zero-order valence-electron chi connectivity index (χ0n) is 56.4. The number of hydrogen-bond donors (Lipinski definition) is 3. The average Bonchev–Trinajstić information content (AvgIpc) is 1.29. The molecule has 5 aromatic carbocycles. The number of rotatable bonds is 12. The molecule has 4 amide bonds. The standard InChI is InChI=1S/C39H47N5O3.C36H42N6O3S/c1-26-31(10-9-11-32(26)41-35(45)28-16-18-30(19-17-28)38(2,3)4)34-25-42(8)37(47)33(40-34)24-27-12-14-29(15-13-27)36(46)43-20-22-44(23-21-43)39(5,6)7;1-22-26(11-9-12-27(22)39-33(43)30-20-24-10-7-8-13-29(24)46-30)28-21-41(6)35(45)32(38-28)37-25-16-14-23(15-17-25)31-34(44)42(36(2,3)4)19-18-40(31)5/h9-19,25H,20-24H2,1-8H3,(H,41,45);9,11-12,14-17,20-21,31H,7-8,10,13,18-19H2,1-6H3,(H,37,38)(H,39,43)/t;31-/m.1/s1. The van der Waals surface area contributed by atoms with Crippen LogP contribution in [0.4, 0.5) is 22.9 Å². The quantitative estimate of drug-likeness (QED) is 0.106. The van der Waals surface area contributed by atoms with Gasteiger partial charge in [0.1, 0.15) is 11.7 Å². The van der Waals surface area contributed by atoms with Crippen molar-refractivity contribution in [1.29, 1.82) is 0 Å². The summed E-state index contributed by atoms with van der Waals surface area (Å²) >= 11 is 1.59. The number of likely N-dealkylation sites (N-methyl/N-ethyl adjacent to an activating group) is 1. The molecule has 0 bridgehead atoms. The SMILES string of the molecule is Cc1c(NC(=O)c2cc3c(s2)CCCC3)cccc1-c1cn(C)c(=O)c(Nc2ccc([C@@H]3C(=O)N(C(C)(C)C)CCN3C)cc2)n1.Cc1c(NC(=O)c2ccc(C(C)(C)C)cc2)cccc1-c1cn(C)c(=O)c(Cc2ccc(C(=O)N3CCN(C(C)(C)C)CC3)cc2)n1. The van der Waals surface area contributed by atoms with E-state index < -0.39 is 0 Å². The highest BCUT2D eigenvalue weighted by Gasteiger charge is 2.39. The zero-order chi connectivity index (χ0) is 66.8. The van der Waals surface area contributed by atoms with Crippen molar-refractivity contribution in [3.05, 3.63) is 208 Å². The lowest BCUT2D eigenvalue weighted by atomic mass is 9.86. The fraction of sp³-hybridized carbons (Fsp3) is 0.387. The number of nitrogens with one attached hydrogen (secondary N) is 3. The van der Waals surface area contributed by atoms with E-state index in [0.717, 1.165) is 70.7 Å². The first-order valence-electron chi connectivity index (χ1n) is 32.2. The molecule has 2 aliphatic heterocycles. The topological polar surface area (TPSA) is 187 Å². The third-order valence-corrected chi connectivity index (χ3v) is 19.4. The molecule has 8 aromatic rings. The van der Waals surface area contributed by atoms with Crippen molar-refractivity contribution >= 4 is 57.8 Å². The minimum Gasteiger partial charge on any atom is -0.336 e. The molecule has 3 aliphatic rings. The number of hydrogen-bond acceptors (Lipinski definition) is 12. The monoisotopic (exact) mass is 1270 g/mol. The summed E-state index contributed by atoms with van der Waals surface area (Å²) in [5.41, 5.74) is 12.0. The van der Waals surface area contributed by atoms with E-state index in [2.05, 4.69) is 88.1 Å². The molecule has 18 heteroatoms. The Hall–Kier alpha value is -8.84. The maximum Gasteiger partial charge on any atom is 0.293 e. The lowest BCUT2D eigenvalue weighted by molar-refractivity contribution is -0.146. The molecule has 0 saturated carbocycles. The molecule has 1 atom stereocenters. The first-order chi connectivity index (χ1) is 44.0. The van der Waals surface area contributed by atoms with Crippen molar-refractivity contribution in [3.8, 4) is 22.5 Å². The minimum atomic E-state index is -0.364. The summed E-state index contributed by atoms with van der Waals surface area (Å²) < 4.78 is 3.06. The molecule has 93 heavy (non-hydrogen) atoms. The summed E-state index contributed by atoms with van der Waals surface area (Å²) in [5, 5.41) is 9.36. The van der Waals surface area contributed by atoms with Crippen molar-refractivity contribution in [3.63, 3.8) is 0 Å². The Bertz CT molecular complexity index is 4190. The summed E-state index contributed by atoms with van der Waals surface area (Å²) in [6, 6.07) is 35.9. The van der Waals surface area contributed by atoms with Crippen LogP contribution in [0.2, 0.25) is 0 Å². The molecular weight excluding hydrogens is 1180 g/mol. The van der Waals surface area contributed by atoms with Crippen molar-refractivity contribution in [1.82, 2.24) is 38.7 Å². The van der Waals surface area contributed by atoms with Crippen LogP contribution in [0.15, 0.2) is 137 Å². The largest absolute Gasteiger partial charge is 0.336 e. The number of piperazine rings is 2. The molecule has 3 N–H and O–H groups in total. The Labute approximate surface area is 550 Å². The molecule has 17 nitrogen and oxygen atoms in total. The molecule has 5 heterocycles. The fourth-order valence-corrected chi connectivity index (χ4v) is 13.6. The van der Waals surface area contributed by atoms with Crippen LogP contribution in [0, 0.1) is 13.8 Å². The van der Waals surface area contributed by atoms with E-state index in [1.54, 1.807) is 42.4 Å². The van der Waals surface area contributed by atoms with Crippen LogP contribution >= 0.6 is 11.3 Å². The number of benzene rings is 5. The molecule has 0 spiro atoms. The van der Waals surface area contributed by atoms with Crippen LogP contribution in [-0.2, 0) is 43.6 Å². The van der Waals surface area contributed by atoms with Gasteiger partial charge in [-0.05, 0) is 182 Å². The predicted molar refractivity (Wildman–Crippen MR) is 374 cm³/mol. The van der Waals surface area contributed by atoms with Crippen molar-refractivity contribution < 1.29 is 19.2 Å². The van der Waals surface area contributed by atoms with Crippen LogP contribution in [-0.4, -0.2) is 120 Å². The highest BCUT2D eigenvalue weighted by molar-refractivity contribution is 7.14. The van der Waals surface area contributed by atoms with Gasteiger partial charge in [-0.3, -0.25) is 38.6 Å². The smallest absolute Gasteiger partial charge is 0.293 e. The van der Waals surface area contributed by atoms with E-state index >= 15 is 0 Å². The second kappa shape index (κ2) is 27.4. The lowest BCUT2D eigenvalue weighted by Crippen LogP contribution is -2.57. The van der Waals surface area contributed by atoms with Crippen LogP contribution in [0.25, 0.3) is 22.5 Å². The van der Waals surface area contributed by atoms with E-state index in [9.17, 15) is 28.8 Å². The van der Waals surface area contributed by atoms with E-state index in [1.807, 2.05) is 146 Å². The summed E-state index contributed by atoms with van der Waals surface area (Å²) in [7, 11) is 5.40. The zero-order valence-corrected chi connectivity index (χ0v) is 57.2. The number of anilines is 4. The number of fused-ring (bicyclic) bond motifs is 1. The van der Waals surface area contributed by atoms with Gasteiger partial charge in [-0.2, -0.15) is 0 Å². The molecule has 2 saturated heterocycles. The first-order valence-corrected chi connectivity index (χ1v) is 33.0. The Morgan fingerprint density at radius 2 is 1.17 bits per heavy atom. The fourth-order valence-electron chi connectivity index (χ4n) is 12.4. The molecule has 11 rings (SSSR count). The van der Waals surface area contributed by atoms with Crippen LogP contribution < -0.4 is 27.1 Å². The first kappa shape index (κ1) is 67.1. The number of aromatic nitrogens is 4. The Balaban J connectivity index is 0.000000203. The van der Waals surface area contributed by atoms with Gasteiger partial charge in [0.2, 0.25) is 5.91 Å². The summed E-state index contributed by atoms with van der Waals surface area (Å²) in [6.07, 6.45) is 8.22. The van der Waals surface area contributed by atoms with Gasteiger partial charge in [-0.1, -0.05) is 81.4 Å². The van der Waals surface area contributed by atoms with Gasteiger partial charge >= 0.3 is 0 Å². The van der Waals surface area contributed by atoms with Crippen LogP contribution in [0.1, 0.15) is 156 Å². The Morgan fingerprint density at radius 1 is 0.602 bits per heavy atom. The minimum absolute atomic E-state index is 0.00627. The van der Waals surface area contributed by atoms with Gasteiger partial charge in [-0.15, -0.1) is 11.3 Å². The van der Waals surface area contributed by atoms with Crippen molar-refractivity contribution in [2.24, 2.45) is 14.1 Å². The average molecular weight is 1270 g/mol. The normalized spacial score (nSPS) is 15.7. The van der Waals surface area contributed by atoms with Gasteiger partial charge in [0.15, 0.2) is 5.82 Å². The number of carbonyl (C=O) groups is 4. The lowest BCUT2D eigenvalue weighted by Gasteiger charge is -2.45. The van der Waals surface area contributed by atoms with E-state index in [0.29, 0.717) is 71.3 Å². The van der Waals surface area contributed by atoms with E-state index in [1.165, 1.54) is 33.4 Å². The molecule has 0 unspecified atom stereocenters. The van der Waals surface area contributed by atoms with E-state index in [-0.39, 0.29) is 63.1 Å². The van der Waals surface area contributed by atoms with Crippen LogP contribution in [0.5, 0.6) is 0 Å². The summed E-state index contributed by atoms with van der Waals surface area (Å²) in [4.78, 5) is 99.2. The van der Waals surface area contributed by atoms with Gasteiger partial charge in [-0.25, -0.2) is 9.97 Å². The molecular formula is C75H89N11O6S. The number of nitrogens with zero attached hydrogens (tertiary/aromatic N) is 8. The summed E-state index contributed by atoms with van der Waals surface area (Å²) in [5.74, 6) is 0.0227. The Morgan fingerprint density at radius 3 is 1.75 bits per heavy atom. The molecule has 1 aliphatic carbocycles. The second-order valence-electron chi connectivity index (χ2n) is 28.0. The van der Waals surface area contributed by atoms with E-state index in [4.69, 9.17) is 9.97 Å². The van der Waals surface area contributed by atoms with Gasteiger partial charge < -0.3 is 34.9 Å². The van der Waals surface area contributed by atoms with Crippen molar-refractivity contribution in [2.45, 2.75) is 131 Å². The predicted octanol–water partition coefficient (Wildman–Crippen LogP) is 12.8. The van der Waals surface area contributed by atoms with Crippen molar-refractivity contribution in [2.75, 3.05) is 62.3 Å². The van der Waals surface area contributed by atoms with Crippen LogP contribution in [0.3, 0.4) is 0 Å². The molecule has 2 fully saturated rings. The summed E-state index contributed by atoms with van der Waals surface area (Å²) in [6.45, 7) is 27.7. The number of aryl methyl sites for hydroxylation is 4. The second-order valence-corrected chi connectivity index (χ2v) is 29.1. The van der Waals surface area contributed by atoms with Gasteiger partial charge in [0.05, 0.1) is 16.3 Å². The number of thiophene rings is 1. The maximum atomic E-state index is 13.4.